The van der Waals surface area contributed by atoms with Crippen molar-refractivity contribution in [1.29, 1.82) is 0 Å². The highest BCUT2D eigenvalue weighted by Crippen LogP contribution is 2.31. The number of carbonyl (C=O) groups excluding carboxylic acids is 1. The van der Waals surface area contributed by atoms with Gasteiger partial charge < -0.3 is 15.0 Å². The Balaban J connectivity index is 1.71. The van der Waals surface area contributed by atoms with Gasteiger partial charge in [0.25, 0.3) is 0 Å². The monoisotopic (exact) mass is 315 g/mol. The molecule has 2 N–H and O–H groups in total. The molecular weight excluding hydrogens is 289 g/mol. The lowest BCUT2D eigenvalue weighted by molar-refractivity contribution is -0.120. The summed E-state index contributed by atoms with van der Waals surface area (Å²) >= 11 is 0. The first-order valence-corrected chi connectivity index (χ1v) is 8.78. The van der Waals surface area contributed by atoms with E-state index in [1.165, 1.54) is 19.3 Å². The Morgan fingerprint density at radius 2 is 1.87 bits per heavy atom. The van der Waals surface area contributed by atoms with Crippen LogP contribution >= 0.6 is 0 Å². The highest BCUT2D eigenvalue weighted by Gasteiger charge is 2.40. The van der Waals surface area contributed by atoms with Gasteiger partial charge in [0.2, 0.25) is 5.91 Å². The topological polar surface area (TPSA) is 58.6 Å². The molecule has 1 fully saturated rings. The van der Waals surface area contributed by atoms with Crippen LogP contribution in [0, 0.1) is 5.92 Å². The standard InChI is InChI=1S/C18H26BNO3/c1-18(2)15-11-10-14(12-16(15)19(22)23-18)20-17(21)13-8-6-4-3-5-7-9-13/h10-13,22H,3-9H2,1-2H3,(H,20,21). The Kier molecular flexibility index (Phi) is 4.78. The van der Waals surface area contributed by atoms with Gasteiger partial charge in [0.1, 0.15) is 0 Å². The number of amides is 1. The van der Waals surface area contributed by atoms with Crippen LogP contribution < -0.4 is 10.8 Å². The van der Waals surface area contributed by atoms with Crippen LogP contribution in [0.5, 0.6) is 0 Å². The molecule has 23 heavy (non-hydrogen) atoms. The zero-order chi connectivity index (χ0) is 16.4. The highest BCUT2D eigenvalue weighted by molar-refractivity contribution is 6.62. The molecule has 0 saturated heterocycles. The Morgan fingerprint density at radius 1 is 1.22 bits per heavy atom. The van der Waals surface area contributed by atoms with E-state index < -0.39 is 12.7 Å². The van der Waals surface area contributed by atoms with Gasteiger partial charge in [-0.25, -0.2) is 0 Å². The molecule has 1 aliphatic carbocycles. The number of anilines is 1. The molecule has 0 radical (unpaired) electrons. The third kappa shape index (κ3) is 3.61. The Labute approximate surface area is 138 Å². The zero-order valence-corrected chi connectivity index (χ0v) is 14.1. The van der Waals surface area contributed by atoms with Crippen molar-refractivity contribution in [2.24, 2.45) is 5.92 Å². The maximum absolute atomic E-state index is 12.5. The smallest absolute Gasteiger partial charge is 0.423 e. The van der Waals surface area contributed by atoms with Crippen LogP contribution in [0.15, 0.2) is 18.2 Å². The first-order valence-electron chi connectivity index (χ1n) is 8.78. The summed E-state index contributed by atoms with van der Waals surface area (Å²) in [7, 11) is -0.918. The zero-order valence-electron chi connectivity index (χ0n) is 14.1. The molecule has 0 atom stereocenters. The summed E-state index contributed by atoms with van der Waals surface area (Å²) in [6, 6.07) is 5.69. The molecule has 1 amide bonds. The van der Waals surface area contributed by atoms with Crippen molar-refractivity contribution < 1.29 is 14.5 Å². The molecule has 0 aromatic heterocycles. The van der Waals surface area contributed by atoms with Gasteiger partial charge in [-0.3, -0.25) is 4.79 Å². The van der Waals surface area contributed by atoms with Crippen molar-refractivity contribution >= 4 is 24.2 Å². The Hall–Kier alpha value is -1.33. The Morgan fingerprint density at radius 3 is 2.57 bits per heavy atom. The second-order valence-corrected chi connectivity index (χ2v) is 7.31. The van der Waals surface area contributed by atoms with E-state index in [0.29, 0.717) is 0 Å². The van der Waals surface area contributed by atoms with Gasteiger partial charge in [0.05, 0.1) is 5.60 Å². The molecule has 0 spiro atoms. The van der Waals surface area contributed by atoms with Crippen molar-refractivity contribution in [1.82, 2.24) is 0 Å². The van der Waals surface area contributed by atoms with Gasteiger partial charge in [-0.2, -0.15) is 0 Å². The fourth-order valence-corrected chi connectivity index (χ4v) is 3.76. The molecular formula is C18H26BNO3. The number of carbonyl (C=O) groups is 1. The summed E-state index contributed by atoms with van der Waals surface area (Å²) < 4.78 is 5.57. The van der Waals surface area contributed by atoms with Gasteiger partial charge in [-0.1, -0.05) is 38.2 Å². The largest absolute Gasteiger partial charge is 0.492 e. The fraction of sp³-hybridized carbons (Fsp3) is 0.611. The SMILES string of the molecule is CC1(C)OB(O)c2cc(NC(=O)C3CCCCCCC3)ccc21. The Bertz CT molecular complexity index is 580. The van der Waals surface area contributed by atoms with Crippen molar-refractivity contribution in [3.05, 3.63) is 23.8 Å². The van der Waals surface area contributed by atoms with E-state index in [0.717, 1.165) is 42.4 Å². The van der Waals surface area contributed by atoms with E-state index in [4.69, 9.17) is 4.65 Å². The van der Waals surface area contributed by atoms with Gasteiger partial charge in [-0.15, -0.1) is 0 Å². The van der Waals surface area contributed by atoms with Crippen molar-refractivity contribution in [3.63, 3.8) is 0 Å². The van der Waals surface area contributed by atoms with Gasteiger partial charge >= 0.3 is 7.12 Å². The molecule has 5 heteroatoms. The maximum atomic E-state index is 12.5. The predicted octanol–water partition coefficient (Wildman–Crippen LogP) is 2.94. The van der Waals surface area contributed by atoms with Crippen molar-refractivity contribution in [3.8, 4) is 0 Å². The normalized spacial score (nSPS) is 21.4. The minimum atomic E-state index is -0.918. The first kappa shape index (κ1) is 16.5. The molecule has 4 nitrogen and oxygen atoms in total. The number of fused-ring (bicyclic) bond motifs is 1. The molecule has 2 aliphatic rings. The summed E-state index contributed by atoms with van der Waals surface area (Å²) in [5.41, 5.74) is 1.99. The average Bonchev–Trinajstić information content (AvgIpc) is 2.68. The number of nitrogens with one attached hydrogen (secondary N) is 1. The summed E-state index contributed by atoms with van der Waals surface area (Å²) in [6.07, 6.45) is 8.02. The van der Waals surface area contributed by atoms with Crippen molar-refractivity contribution in [2.75, 3.05) is 5.32 Å². The van der Waals surface area contributed by atoms with Crippen LogP contribution in [-0.2, 0) is 15.0 Å². The van der Waals surface area contributed by atoms with E-state index in [2.05, 4.69) is 5.32 Å². The lowest BCUT2D eigenvalue weighted by Gasteiger charge is -2.20. The van der Waals surface area contributed by atoms with Crippen LogP contribution in [0.25, 0.3) is 0 Å². The third-order valence-electron chi connectivity index (χ3n) is 5.12. The molecule has 124 valence electrons. The predicted molar refractivity (Wildman–Crippen MR) is 92.6 cm³/mol. The summed E-state index contributed by atoms with van der Waals surface area (Å²) in [5, 5.41) is 13.1. The van der Waals surface area contributed by atoms with Crippen LogP contribution in [0.2, 0.25) is 0 Å². The molecule has 1 aromatic carbocycles. The minimum absolute atomic E-state index is 0.111. The van der Waals surface area contributed by atoms with Crippen molar-refractivity contribution in [2.45, 2.75) is 64.4 Å². The van der Waals surface area contributed by atoms with Gasteiger partial charge in [-0.05, 0) is 49.8 Å². The fourth-order valence-electron chi connectivity index (χ4n) is 3.76. The summed E-state index contributed by atoms with van der Waals surface area (Å²) in [5.74, 6) is 0.223. The second kappa shape index (κ2) is 6.66. The highest BCUT2D eigenvalue weighted by atomic mass is 16.5. The van der Waals surface area contributed by atoms with E-state index in [1.807, 2.05) is 32.0 Å². The maximum Gasteiger partial charge on any atom is 0.492 e. The lowest BCUT2D eigenvalue weighted by atomic mass is 9.78. The van der Waals surface area contributed by atoms with Crippen LogP contribution in [-0.4, -0.2) is 18.0 Å². The third-order valence-corrected chi connectivity index (χ3v) is 5.12. The molecule has 3 rings (SSSR count). The number of rotatable bonds is 2. The number of hydrogen-bond acceptors (Lipinski definition) is 3. The average molecular weight is 315 g/mol. The molecule has 1 aromatic rings. The number of benzene rings is 1. The first-order chi connectivity index (χ1) is 11.0. The summed E-state index contributed by atoms with van der Waals surface area (Å²) in [6.45, 7) is 3.88. The minimum Gasteiger partial charge on any atom is -0.423 e. The van der Waals surface area contributed by atoms with E-state index in [1.54, 1.807) is 0 Å². The van der Waals surface area contributed by atoms with Gasteiger partial charge in [0.15, 0.2) is 0 Å². The van der Waals surface area contributed by atoms with E-state index in [9.17, 15) is 9.82 Å². The van der Waals surface area contributed by atoms with Crippen LogP contribution in [0.4, 0.5) is 5.69 Å². The van der Waals surface area contributed by atoms with E-state index in [-0.39, 0.29) is 11.8 Å². The molecule has 0 unspecified atom stereocenters. The molecule has 1 saturated carbocycles. The van der Waals surface area contributed by atoms with Crippen LogP contribution in [0.1, 0.15) is 64.4 Å². The molecule has 0 bridgehead atoms. The lowest BCUT2D eigenvalue weighted by Crippen LogP contribution is -2.29. The quantitative estimate of drug-likeness (QED) is 0.825. The number of hydrogen-bond donors (Lipinski definition) is 2. The van der Waals surface area contributed by atoms with Crippen LogP contribution in [0.3, 0.4) is 0 Å². The second-order valence-electron chi connectivity index (χ2n) is 7.31. The molecule has 1 heterocycles. The summed E-state index contributed by atoms with van der Waals surface area (Å²) in [4.78, 5) is 12.5. The van der Waals surface area contributed by atoms with E-state index >= 15 is 0 Å². The molecule has 1 aliphatic heterocycles. The van der Waals surface area contributed by atoms with Gasteiger partial charge in [0, 0.05) is 11.6 Å².